The van der Waals surface area contributed by atoms with E-state index in [9.17, 15) is 5.11 Å². The fraction of sp³-hybridized carbons (Fsp3) is 0.692. The molecule has 0 spiro atoms. The average Bonchev–Trinajstić information content (AvgIpc) is 2.76. The van der Waals surface area contributed by atoms with E-state index in [1.165, 1.54) is 0 Å². The van der Waals surface area contributed by atoms with Crippen LogP contribution in [0.5, 0.6) is 0 Å². The zero-order valence-corrected chi connectivity index (χ0v) is 10.5. The average molecular weight is 238 g/mol. The lowest BCUT2D eigenvalue weighted by Crippen LogP contribution is -2.48. The smallest absolute Gasteiger partial charge is 0.122 e. The highest BCUT2D eigenvalue weighted by Gasteiger charge is 2.32. The summed E-state index contributed by atoms with van der Waals surface area (Å²) in [4.78, 5) is 2.32. The SMILES string of the molecule is CC(N)C(c1ccco1)N1CCC(O)C(C)C1. The van der Waals surface area contributed by atoms with Gasteiger partial charge in [-0.15, -0.1) is 0 Å². The van der Waals surface area contributed by atoms with Gasteiger partial charge in [0.2, 0.25) is 0 Å². The Morgan fingerprint density at radius 1 is 1.59 bits per heavy atom. The van der Waals surface area contributed by atoms with E-state index in [0.717, 1.165) is 25.3 Å². The van der Waals surface area contributed by atoms with Crippen LogP contribution in [0.2, 0.25) is 0 Å². The van der Waals surface area contributed by atoms with Crippen molar-refractivity contribution >= 4 is 0 Å². The summed E-state index contributed by atoms with van der Waals surface area (Å²) in [6.45, 7) is 5.83. The van der Waals surface area contributed by atoms with Gasteiger partial charge >= 0.3 is 0 Å². The molecule has 96 valence electrons. The molecule has 4 nitrogen and oxygen atoms in total. The Morgan fingerprint density at radius 3 is 2.88 bits per heavy atom. The van der Waals surface area contributed by atoms with Crippen molar-refractivity contribution < 1.29 is 9.52 Å². The molecule has 0 saturated carbocycles. The predicted molar refractivity (Wildman–Crippen MR) is 66.5 cm³/mol. The number of piperidine rings is 1. The Bertz CT molecular complexity index is 337. The van der Waals surface area contributed by atoms with Gasteiger partial charge in [-0.05, 0) is 31.4 Å². The second kappa shape index (κ2) is 5.21. The molecule has 1 aliphatic heterocycles. The summed E-state index contributed by atoms with van der Waals surface area (Å²) in [6, 6.07) is 4.00. The van der Waals surface area contributed by atoms with Crippen molar-refractivity contribution in [2.24, 2.45) is 11.7 Å². The predicted octanol–water partition coefficient (Wildman–Crippen LogP) is 1.37. The third kappa shape index (κ3) is 2.70. The van der Waals surface area contributed by atoms with Crippen LogP contribution in [0, 0.1) is 5.92 Å². The maximum absolute atomic E-state index is 9.77. The molecule has 4 unspecified atom stereocenters. The lowest BCUT2D eigenvalue weighted by molar-refractivity contribution is 0.00818. The molecule has 17 heavy (non-hydrogen) atoms. The van der Waals surface area contributed by atoms with Gasteiger partial charge in [-0.1, -0.05) is 6.92 Å². The zero-order valence-electron chi connectivity index (χ0n) is 10.5. The van der Waals surface area contributed by atoms with Crippen molar-refractivity contribution in [3.63, 3.8) is 0 Å². The highest BCUT2D eigenvalue weighted by Crippen LogP contribution is 2.29. The van der Waals surface area contributed by atoms with Crippen molar-refractivity contribution in [3.05, 3.63) is 24.2 Å². The van der Waals surface area contributed by atoms with Crippen LogP contribution in [0.15, 0.2) is 22.8 Å². The Kier molecular flexibility index (Phi) is 3.86. The molecule has 0 amide bonds. The molecular weight excluding hydrogens is 216 g/mol. The van der Waals surface area contributed by atoms with Crippen LogP contribution < -0.4 is 5.73 Å². The summed E-state index contributed by atoms with van der Waals surface area (Å²) in [5, 5.41) is 9.77. The number of hydrogen-bond acceptors (Lipinski definition) is 4. The maximum Gasteiger partial charge on any atom is 0.122 e. The molecule has 4 atom stereocenters. The number of likely N-dealkylation sites (tertiary alicyclic amines) is 1. The fourth-order valence-corrected chi connectivity index (χ4v) is 2.65. The van der Waals surface area contributed by atoms with Crippen LogP contribution in [0.3, 0.4) is 0 Å². The minimum absolute atomic E-state index is 0.0172. The Balaban J connectivity index is 2.12. The monoisotopic (exact) mass is 238 g/mol. The first-order valence-corrected chi connectivity index (χ1v) is 6.30. The quantitative estimate of drug-likeness (QED) is 0.835. The molecule has 4 heteroatoms. The van der Waals surface area contributed by atoms with Gasteiger partial charge in [0.1, 0.15) is 5.76 Å². The van der Waals surface area contributed by atoms with Crippen molar-refractivity contribution in [2.75, 3.05) is 13.1 Å². The number of aliphatic hydroxyl groups is 1. The van der Waals surface area contributed by atoms with E-state index >= 15 is 0 Å². The second-order valence-corrected chi connectivity index (χ2v) is 5.15. The molecule has 3 N–H and O–H groups in total. The summed E-state index contributed by atoms with van der Waals surface area (Å²) in [5.41, 5.74) is 6.07. The molecular formula is C13H22N2O2. The van der Waals surface area contributed by atoms with Crippen LogP contribution in [0.25, 0.3) is 0 Å². The van der Waals surface area contributed by atoms with Crippen LogP contribution >= 0.6 is 0 Å². The molecule has 1 saturated heterocycles. The topological polar surface area (TPSA) is 62.6 Å². The second-order valence-electron chi connectivity index (χ2n) is 5.15. The Morgan fingerprint density at radius 2 is 2.35 bits per heavy atom. The first-order valence-electron chi connectivity index (χ1n) is 6.30. The standard InChI is InChI=1S/C13H22N2O2/c1-9-8-15(6-5-11(9)16)13(10(2)14)12-4-3-7-17-12/h3-4,7,9-11,13,16H,5-6,8,14H2,1-2H3. The molecule has 0 aromatic carbocycles. The number of hydrogen-bond donors (Lipinski definition) is 2. The Hall–Kier alpha value is -0.840. The lowest BCUT2D eigenvalue weighted by atomic mass is 9.93. The molecule has 2 heterocycles. The van der Waals surface area contributed by atoms with Crippen molar-refractivity contribution in [1.82, 2.24) is 4.90 Å². The van der Waals surface area contributed by atoms with Gasteiger partial charge in [0, 0.05) is 19.1 Å². The maximum atomic E-state index is 9.77. The number of nitrogens with two attached hydrogens (primary N) is 1. The molecule has 0 aliphatic carbocycles. The largest absolute Gasteiger partial charge is 0.468 e. The summed E-state index contributed by atoms with van der Waals surface area (Å²) in [6.07, 6.45) is 2.31. The first kappa shape index (κ1) is 12.6. The Labute approximate surface area is 102 Å². The molecule has 0 bridgehead atoms. The summed E-state index contributed by atoms with van der Waals surface area (Å²) in [7, 11) is 0. The van der Waals surface area contributed by atoms with Crippen molar-refractivity contribution in [2.45, 2.75) is 38.5 Å². The third-order valence-corrected chi connectivity index (χ3v) is 3.62. The van der Waals surface area contributed by atoms with E-state index in [2.05, 4.69) is 11.8 Å². The minimum atomic E-state index is -0.184. The van der Waals surface area contributed by atoms with E-state index in [1.54, 1.807) is 6.26 Å². The highest BCUT2D eigenvalue weighted by molar-refractivity contribution is 5.08. The van der Waals surface area contributed by atoms with Crippen LogP contribution in [-0.2, 0) is 0 Å². The van der Waals surface area contributed by atoms with Crippen LogP contribution in [0.4, 0.5) is 0 Å². The van der Waals surface area contributed by atoms with Gasteiger partial charge in [-0.2, -0.15) is 0 Å². The summed E-state index contributed by atoms with van der Waals surface area (Å²) >= 11 is 0. The van der Waals surface area contributed by atoms with Crippen LogP contribution in [0.1, 0.15) is 32.1 Å². The normalized spacial score (nSPS) is 30.1. The van der Waals surface area contributed by atoms with Crippen LogP contribution in [-0.4, -0.2) is 35.2 Å². The zero-order chi connectivity index (χ0) is 12.4. The lowest BCUT2D eigenvalue weighted by Gasteiger charge is -2.40. The highest BCUT2D eigenvalue weighted by atomic mass is 16.3. The van der Waals surface area contributed by atoms with Crippen molar-refractivity contribution in [3.8, 4) is 0 Å². The number of rotatable bonds is 3. The van der Waals surface area contributed by atoms with E-state index in [0.29, 0.717) is 5.92 Å². The number of furan rings is 1. The van der Waals surface area contributed by atoms with Gasteiger partial charge in [0.15, 0.2) is 0 Å². The number of aliphatic hydroxyl groups excluding tert-OH is 1. The van der Waals surface area contributed by atoms with Gasteiger partial charge in [0.25, 0.3) is 0 Å². The number of nitrogens with zero attached hydrogens (tertiary/aromatic N) is 1. The summed E-state index contributed by atoms with van der Waals surface area (Å²) < 4.78 is 5.49. The van der Waals surface area contributed by atoms with E-state index in [-0.39, 0.29) is 18.2 Å². The molecule has 2 rings (SSSR count). The van der Waals surface area contributed by atoms with E-state index in [1.807, 2.05) is 19.1 Å². The van der Waals surface area contributed by atoms with Gasteiger partial charge in [-0.25, -0.2) is 0 Å². The van der Waals surface area contributed by atoms with Gasteiger partial charge in [0.05, 0.1) is 18.4 Å². The molecule has 1 fully saturated rings. The van der Waals surface area contributed by atoms with E-state index in [4.69, 9.17) is 10.2 Å². The minimum Gasteiger partial charge on any atom is -0.468 e. The summed E-state index contributed by atoms with van der Waals surface area (Å²) in [5.74, 6) is 1.21. The molecule has 0 radical (unpaired) electrons. The van der Waals surface area contributed by atoms with Crippen molar-refractivity contribution in [1.29, 1.82) is 0 Å². The third-order valence-electron chi connectivity index (χ3n) is 3.62. The molecule has 1 aromatic rings. The molecule has 1 aromatic heterocycles. The fourth-order valence-electron chi connectivity index (χ4n) is 2.65. The van der Waals surface area contributed by atoms with Gasteiger partial charge < -0.3 is 15.3 Å². The van der Waals surface area contributed by atoms with Gasteiger partial charge in [-0.3, -0.25) is 4.90 Å². The molecule has 1 aliphatic rings. The first-order chi connectivity index (χ1) is 8.09. The van der Waals surface area contributed by atoms with E-state index < -0.39 is 0 Å².